The van der Waals surface area contributed by atoms with Crippen LogP contribution in [-0.4, -0.2) is 39.1 Å². The number of benzene rings is 3. The van der Waals surface area contributed by atoms with Gasteiger partial charge in [-0.2, -0.15) is 0 Å². The van der Waals surface area contributed by atoms with Gasteiger partial charge < -0.3 is 24.8 Å². The van der Waals surface area contributed by atoms with Gasteiger partial charge in [0.05, 0.1) is 36.3 Å². The molecular formula is C34H33N5O2S. The highest BCUT2D eigenvalue weighted by Crippen LogP contribution is 2.42. The van der Waals surface area contributed by atoms with Crippen LogP contribution < -0.4 is 15.4 Å². The Hall–Kier alpha value is -4.69. The first-order chi connectivity index (χ1) is 20.5. The van der Waals surface area contributed by atoms with Gasteiger partial charge in [-0.15, -0.1) is 0 Å². The Labute approximate surface area is 251 Å². The van der Waals surface area contributed by atoms with Gasteiger partial charge in [0.15, 0.2) is 5.11 Å². The number of para-hydroxylation sites is 2. The van der Waals surface area contributed by atoms with E-state index in [1.165, 1.54) is 10.8 Å². The fourth-order valence-electron chi connectivity index (χ4n) is 6.03. The fourth-order valence-corrected chi connectivity index (χ4v) is 6.36. The number of nitrogens with one attached hydrogen (secondary N) is 2. The van der Waals surface area contributed by atoms with E-state index >= 15 is 0 Å². The van der Waals surface area contributed by atoms with Crippen LogP contribution in [-0.2, 0) is 4.79 Å². The molecule has 6 rings (SSSR count). The number of pyridine rings is 1. The molecule has 2 N–H and O–H groups in total. The quantitative estimate of drug-likeness (QED) is 0.202. The number of methoxy groups -OCH3 is 1. The van der Waals surface area contributed by atoms with Crippen LogP contribution in [0.5, 0.6) is 5.75 Å². The lowest BCUT2D eigenvalue weighted by Crippen LogP contribution is -2.33. The zero-order chi connectivity index (χ0) is 29.2. The predicted molar refractivity (Wildman–Crippen MR) is 171 cm³/mol. The van der Waals surface area contributed by atoms with Gasteiger partial charge in [-0.3, -0.25) is 9.78 Å². The molecule has 8 heteroatoms. The number of rotatable bonds is 8. The Morgan fingerprint density at radius 3 is 2.57 bits per heavy atom. The van der Waals surface area contributed by atoms with E-state index in [4.69, 9.17) is 17.0 Å². The van der Waals surface area contributed by atoms with Crippen LogP contribution in [0.4, 0.5) is 5.69 Å². The molecule has 42 heavy (non-hydrogen) atoms. The molecule has 0 unspecified atom stereocenters. The smallest absolute Gasteiger partial charge is 0.226 e. The highest BCUT2D eigenvalue weighted by molar-refractivity contribution is 7.80. The molecule has 0 spiro atoms. The number of hydrogen-bond donors (Lipinski definition) is 2. The number of nitrogens with zero attached hydrogens (tertiary/aromatic N) is 3. The SMILES string of the molecule is COc1ccccc1NC(=O)CCN1C(=S)N[C@@H](c2ccccn2)[C@H]1c1cc(C)n(-c2cccc3ccccc23)c1C. The Kier molecular flexibility index (Phi) is 7.63. The molecule has 2 atom stereocenters. The molecule has 1 aliphatic rings. The second-order valence-electron chi connectivity index (χ2n) is 10.5. The summed E-state index contributed by atoms with van der Waals surface area (Å²) in [5, 5.41) is 9.51. The number of amides is 1. The molecule has 3 heterocycles. The number of aryl methyl sites for hydroxylation is 1. The largest absolute Gasteiger partial charge is 0.495 e. The van der Waals surface area contributed by atoms with E-state index in [1.807, 2.05) is 42.5 Å². The highest BCUT2D eigenvalue weighted by atomic mass is 32.1. The van der Waals surface area contributed by atoms with Gasteiger partial charge in [-0.05, 0) is 73.4 Å². The zero-order valence-electron chi connectivity index (χ0n) is 23.9. The molecule has 212 valence electrons. The first-order valence-electron chi connectivity index (χ1n) is 14.0. The molecular weight excluding hydrogens is 542 g/mol. The second-order valence-corrected chi connectivity index (χ2v) is 10.9. The average Bonchev–Trinajstić information content (AvgIpc) is 3.50. The first-order valence-corrected chi connectivity index (χ1v) is 14.4. The summed E-state index contributed by atoms with van der Waals surface area (Å²) in [6.45, 7) is 4.74. The molecule has 2 aromatic heterocycles. The summed E-state index contributed by atoms with van der Waals surface area (Å²) < 4.78 is 7.72. The van der Waals surface area contributed by atoms with E-state index in [0.29, 0.717) is 23.1 Å². The molecule has 3 aromatic carbocycles. The van der Waals surface area contributed by atoms with E-state index in [2.05, 4.69) is 87.5 Å². The second kappa shape index (κ2) is 11.7. The summed E-state index contributed by atoms with van der Waals surface area (Å²) in [6, 6.07) is 30.1. The summed E-state index contributed by atoms with van der Waals surface area (Å²) in [5.41, 5.74) is 6.10. The molecule has 0 saturated carbocycles. The van der Waals surface area contributed by atoms with E-state index in [1.54, 1.807) is 13.3 Å². The van der Waals surface area contributed by atoms with Crippen molar-refractivity contribution in [2.75, 3.05) is 19.0 Å². The Morgan fingerprint density at radius 1 is 1.00 bits per heavy atom. The van der Waals surface area contributed by atoms with Gasteiger partial charge in [0.2, 0.25) is 5.91 Å². The number of anilines is 1. The number of aromatic nitrogens is 2. The Balaban J connectivity index is 1.36. The number of carbonyl (C=O) groups excluding carboxylic acids is 1. The van der Waals surface area contributed by atoms with Crippen LogP contribution >= 0.6 is 12.2 Å². The van der Waals surface area contributed by atoms with Crippen LogP contribution in [0.25, 0.3) is 16.5 Å². The van der Waals surface area contributed by atoms with Gasteiger partial charge in [0.1, 0.15) is 5.75 Å². The van der Waals surface area contributed by atoms with Crippen molar-refractivity contribution in [3.8, 4) is 11.4 Å². The number of fused-ring (bicyclic) bond motifs is 1. The topological polar surface area (TPSA) is 71.4 Å². The van der Waals surface area contributed by atoms with Crippen LogP contribution in [0.15, 0.2) is 97.2 Å². The normalized spacial score (nSPS) is 16.5. The average molecular weight is 576 g/mol. The Bertz CT molecular complexity index is 1760. The zero-order valence-corrected chi connectivity index (χ0v) is 24.7. The van der Waals surface area contributed by atoms with E-state index in [9.17, 15) is 4.79 Å². The molecule has 0 bridgehead atoms. The molecule has 0 radical (unpaired) electrons. The van der Waals surface area contributed by atoms with Gasteiger partial charge in [-0.25, -0.2) is 0 Å². The van der Waals surface area contributed by atoms with Crippen LogP contribution in [0.3, 0.4) is 0 Å². The molecule has 7 nitrogen and oxygen atoms in total. The molecule has 1 saturated heterocycles. The van der Waals surface area contributed by atoms with Crippen molar-refractivity contribution < 1.29 is 9.53 Å². The summed E-state index contributed by atoms with van der Waals surface area (Å²) in [5.74, 6) is 0.516. The number of carbonyl (C=O) groups is 1. The standard InChI is InChI=1S/C34H33N5O2S/c1-22-21-26(23(2)39(22)29-16-10-12-24-11-4-5-13-25(24)29)33-32(28-15-8-9-19-35-28)37-34(42)38(33)20-18-31(40)36-27-14-6-7-17-30(27)41-3/h4-17,19,21,32-33H,18,20H2,1-3H3,(H,36,40)(H,37,42)/t32-,33+/m0/s1. The fraction of sp³-hybridized carbons (Fsp3) is 0.206. The van der Waals surface area contributed by atoms with Crippen molar-refractivity contribution in [1.29, 1.82) is 0 Å². The summed E-state index contributed by atoms with van der Waals surface area (Å²) in [7, 11) is 1.59. The van der Waals surface area contributed by atoms with Crippen LogP contribution in [0, 0.1) is 13.8 Å². The van der Waals surface area contributed by atoms with Crippen LogP contribution in [0.1, 0.15) is 41.1 Å². The predicted octanol–water partition coefficient (Wildman–Crippen LogP) is 6.65. The van der Waals surface area contributed by atoms with Gasteiger partial charge in [-0.1, -0.05) is 54.6 Å². The van der Waals surface area contributed by atoms with Crippen molar-refractivity contribution in [3.05, 3.63) is 120 Å². The van der Waals surface area contributed by atoms with Gasteiger partial charge >= 0.3 is 0 Å². The minimum atomic E-state index is -0.169. The van der Waals surface area contributed by atoms with E-state index < -0.39 is 0 Å². The molecule has 0 aliphatic carbocycles. The monoisotopic (exact) mass is 575 g/mol. The van der Waals surface area contributed by atoms with Crippen molar-refractivity contribution in [2.24, 2.45) is 0 Å². The Morgan fingerprint density at radius 2 is 1.76 bits per heavy atom. The van der Waals surface area contributed by atoms with Crippen molar-refractivity contribution in [2.45, 2.75) is 32.4 Å². The number of thiocarbonyl (C=S) groups is 1. The lowest BCUT2D eigenvalue weighted by Gasteiger charge is -2.28. The minimum Gasteiger partial charge on any atom is -0.495 e. The van der Waals surface area contributed by atoms with Crippen molar-refractivity contribution in [1.82, 2.24) is 19.8 Å². The lowest BCUT2D eigenvalue weighted by molar-refractivity contribution is -0.116. The van der Waals surface area contributed by atoms with Gasteiger partial charge in [0.25, 0.3) is 0 Å². The van der Waals surface area contributed by atoms with E-state index in [-0.39, 0.29) is 24.4 Å². The van der Waals surface area contributed by atoms with Gasteiger partial charge in [0, 0.05) is 35.9 Å². The minimum absolute atomic E-state index is 0.108. The highest BCUT2D eigenvalue weighted by Gasteiger charge is 2.41. The maximum atomic E-state index is 13.1. The third kappa shape index (κ3) is 5.10. The third-order valence-electron chi connectivity index (χ3n) is 7.96. The summed E-state index contributed by atoms with van der Waals surface area (Å²) in [6.07, 6.45) is 2.06. The van der Waals surface area contributed by atoms with E-state index in [0.717, 1.165) is 28.3 Å². The number of hydrogen-bond acceptors (Lipinski definition) is 4. The van der Waals surface area contributed by atoms with Crippen molar-refractivity contribution in [3.63, 3.8) is 0 Å². The summed E-state index contributed by atoms with van der Waals surface area (Å²) in [4.78, 5) is 19.9. The first kappa shape index (κ1) is 27.5. The molecule has 1 amide bonds. The lowest BCUT2D eigenvalue weighted by atomic mass is 9.96. The maximum absolute atomic E-state index is 13.1. The van der Waals surface area contributed by atoms with Crippen molar-refractivity contribution >= 4 is 39.7 Å². The van der Waals surface area contributed by atoms with Crippen LogP contribution in [0.2, 0.25) is 0 Å². The maximum Gasteiger partial charge on any atom is 0.226 e. The molecule has 1 aliphatic heterocycles. The molecule has 1 fully saturated rings. The molecule has 5 aromatic rings. The third-order valence-corrected chi connectivity index (χ3v) is 8.31. The number of ether oxygens (including phenoxy) is 1. The summed E-state index contributed by atoms with van der Waals surface area (Å²) >= 11 is 5.88.